The Kier molecular flexibility index (Phi) is 4.80. The second kappa shape index (κ2) is 6.57. The van der Waals surface area contributed by atoms with Crippen molar-refractivity contribution >= 4 is 11.7 Å². The number of hydrogen-bond acceptors (Lipinski definition) is 3. The van der Waals surface area contributed by atoms with Gasteiger partial charge >= 0.3 is 5.97 Å². The van der Waals surface area contributed by atoms with Crippen molar-refractivity contribution in [2.24, 2.45) is 0 Å². The molecule has 0 saturated carbocycles. The van der Waals surface area contributed by atoms with Gasteiger partial charge in [-0.3, -0.25) is 9.69 Å². The normalized spacial score (nSPS) is 16.6. The summed E-state index contributed by atoms with van der Waals surface area (Å²) in [5.74, 6) is -0.696. The molecule has 1 fully saturated rings. The molecule has 104 valence electrons. The Balaban J connectivity index is 1.77. The largest absolute Gasteiger partial charge is 0.481 e. The maximum Gasteiger partial charge on any atom is 0.303 e. The van der Waals surface area contributed by atoms with Crippen LogP contribution in [0.25, 0.3) is 0 Å². The summed E-state index contributed by atoms with van der Waals surface area (Å²) in [6.45, 7) is 7.10. The van der Waals surface area contributed by atoms with Crippen LogP contribution in [-0.2, 0) is 4.79 Å². The zero-order valence-electron chi connectivity index (χ0n) is 11.5. The minimum absolute atomic E-state index is 0.276. The number of carboxylic acids is 1. The van der Waals surface area contributed by atoms with E-state index in [2.05, 4.69) is 41.0 Å². The van der Waals surface area contributed by atoms with Gasteiger partial charge in [-0.25, -0.2) is 0 Å². The molecular formula is C15H22N2O2. The number of aliphatic carboxylic acids is 1. The van der Waals surface area contributed by atoms with Crippen LogP contribution in [0.1, 0.15) is 18.4 Å². The van der Waals surface area contributed by atoms with Gasteiger partial charge in [0.15, 0.2) is 0 Å². The number of piperazine rings is 1. The monoisotopic (exact) mass is 262 g/mol. The summed E-state index contributed by atoms with van der Waals surface area (Å²) >= 11 is 0. The molecule has 1 aliphatic heterocycles. The van der Waals surface area contributed by atoms with Gasteiger partial charge in [-0.15, -0.1) is 0 Å². The first-order valence-electron chi connectivity index (χ1n) is 6.91. The van der Waals surface area contributed by atoms with Gasteiger partial charge < -0.3 is 10.0 Å². The molecule has 1 N–H and O–H groups in total. The van der Waals surface area contributed by atoms with Crippen LogP contribution in [0, 0.1) is 6.92 Å². The fourth-order valence-electron chi connectivity index (χ4n) is 2.51. The average Bonchev–Trinajstić information content (AvgIpc) is 2.39. The van der Waals surface area contributed by atoms with Crippen LogP contribution >= 0.6 is 0 Å². The summed E-state index contributed by atoms with van der Waals surface area (Å²) in [6.07, 6.45) is 1.03. The number of anilines is 1. The van der Waals surface area contributed by atoms with Crippen molar-refractivity contribution in [3.8, 4) is 0 Å². The van der Waals surface area contributed by atoms with Crippen LogP contribution in [0.4, 0.5) is 5.69 Å². The number of carbonyl (C=O) groups is 1. The van der Waals surface area contributed by atoms with Crippen molar-refractivity contribution < 1.29 is 9.90 Å². The van der Waals surface area contributed by atoms with E-state index in [1.165, 1.54) is 11.3 Å². The summed E-state index contributed by atoms with van der Waals surface area (Å²) in [7, 11) is 0. The highest BCUT2D eigenvalue weighted by Crippen LogP contribution is 2.17. The Hall–Kier alpha value is -1.55. The van der Waals surface area contributed by atoms with Crippen molar-refractivity contribution in [3.05, 3.63) is 29.8 Å². The smallest absolute Gasteiger partial charge is 0.303 e. The van der Waals surface area contributed by atoms with Crippen LogP contribution in [0.5, 0.6) is 0 Å². The van der Waals surface area contributed by atoms with Crippen LogP contribution in [0.2, 0.25) is 0 Å². The minimum atomic E-state index is -0.696. The van der Waals surface area contributed by atoms with Crippen molar-refractivity contribution in [1.82, 2.24) is 4.90 Å². The lowest BCUT2D eigenvalue weighted by Crippen LogP contribution is -2.46. The Bertz CT molecular complexity index is 426. The van der Waals surface area contributed by atoms with Gasteiger partial charge in [0.1, 0.15) is 0 Å². The Morgan fingerprint density at radius 2 is 2.00 bits per heavy atom. The van der Waals surface area contributed by atoms with E-state index in [4.69, 9.17) is 5.11 Å². The molecule has 0 spiro atoms. The van der Waals surface area contributed by atoms with Crippen LogP contribution in [0.15, 0.2) is 24.3 Å². The van der Waals surface area contributed by atoms with E-state index < -0.39 is 5.97 Å². The van der Waals surface area contributed by atoms with Crippen LogP contribution in [0.3, 0.4) is 0 Å². The van der Waals surface area contributed by atoms with Gasteiger partial charge in [0.25, 0.3) is 0 Å². The molecule has 4 heteroatoms. The van der Waals surface area contributed by atoms with Gasteiger partial charge in [0.2, 0.25) is 0 Å². The van der Waals surface area contributed by atoms with E-state index in [0.29, 0.717) is 0 Å². The standard InChI is InChI=1S/C15H22N2O2/c1-13-4-2-5-14(12-13)17-10-8-16(9-11-17)7-3-6-15(18)19/h2,4-5,12H,3,6-11H2,1H3,(H,18,19). The van der Waals surface area contributed by atoms with Gasteiger partial charge in [0.05, 0.1) is 0 Å². The topological polar surface area (TPSA) is 43.8 Å². The Morgan fingerprint density at radius 1 is 1.26 bits per heavy atom. The molecular weight excluding hydrogens is 240 g/mol. The summed E-state index contributed by atoms with van der Waals surface area (Å²) in [5, 5.41) is 8.63. The number of carboxylic acid groups (broad SMARTS) is 1. The quantitative estimate of drug-likeness (QED) is 0.881. The molecule has 19 heavy (non-hydrogen) atoms. The molecule has 0 radical (unpaired) electrons. The number of aryl methyl sites for hydroxylation is 1. The first-order chi connectivity index (χ1) is 9.15. The van der Waals surface area contributed by atoms with Gasteiger partial charge in [0, 0.05) is 38.3 Å². The fourth-order valence-corrected chi connectivity index (χ4v) is 2.51. The van der Waals surface area contributed by atoms with Crippen molar-refractivity contribution in [3.63, 3.8) is 0 Å². The fraction of sp³-hybridized carbons (Fsp3) is 0.533. The molecule has 1 heterocycles. The van der Waals surface area contributed by atoms with E-state index in [-0.39, 0.29) is 6.42 Å². The van der Waals surface area contributed by atoms with Crippen molar-refractivity contribution in [2.45, 2.75) is 19.8 Å². The van der Waals surface area contributed by atoms with E-state index in [1.54, 1.807) is 0 Å². The molecule has 4 nitrogen and oxygen atoms in total. The number of nitrogens with zero attached hydrogens (tertiary/aromatic N) is 2. The SMILES string of the molecule is Cc1cccc(N2CCN(CCCC(=O)O)CC2)c1. The lowest BCUT2D eigenvalue weighted by atomic mass is 10.2. The average molecular weight is 262 g/mol. The maximum atomic E-state index is 10.5. The molecule has 1 aromatic carbocycles. The first-order valence-corrected chi connectivity index (χ1v) is 6.91. The number of rotatable bonds is 5. The second-order valence-corrected chi connectivity index (χ2v) is 5.16. The summed E-state index contributed by atoms with van der Waals surface area (Å²) < 4.78 is 0. The maximum absolute atomic E-state index is 10.5. The summed E-state index contributed by atoms with van der Waals surface area (Å²) in [5.41, 5.74) is 2.59. The van der Waals surface area contributed by atoms with Crippen LogP contribution < -0.4 is 4.90 Å². The highest BCUT2D eigenvalue weighted by atomic mass is 16.4. The molecule has 1 saturated heterocycles. The van der Waals surface area contributed by atoms with E-state index in [0.717, 1.165) is 39.1 Å². The number of hydrogen-bond donors (Lipinski definition) is 1. The van der Waals surface area contributed by atoms with Crippen LogP contribution in [-0.4, -0.2) is 48.7 Å². The molecule has 0 aliphatic carbocycles. The third-order valence-electron chi connectivity index (χ3n) is 3.60. The third-order valence-corrected chi connectivity index (χ3v) is 3.60. The summed E-state index contributed by atoms with van der Waals surface area (Å²) in [6, 6.07) is 8.60. The molecule has 1 aromatic rings. The van der Waals surface area contributed by atoms with E-state index in [9.17, 15) is 4.79 Å². The molecule has 1 aliphatic rings. The van der Waals surface area contributed by atoms with Gasteiger partial charge in [-0.05, 0) is 37.6 Å². The Labute approximate surface area is 114 Å². The first kappa shape index (κ1) is 13.9. The highest BCUT2D eigenvalue weighted by Gasteiger charge is 2.16. The lowest BCUT2D eigenvalue weighted by molar-refractivity contribution is -0.137. The minimum Gasteiger partial charge on any atom is -0.481 e. The van der Waals surface area contributed by atoms with Gasteiger partial charge in [-0.1, -0.05) is 12.1 Å². The zero-order valence-corrected chi connectivity index (χ0v) is 11.5. The van der Waals surface area contributed by atoms with Crippen molar-refractivity contribution in [2.75, 3.05) is 37.6 Å². The Morgan fingerprint density at radius 3 is 2.63 bits per heavy atom. The lowest BCUT2D eigenvalue weighted by Gasteiger charge is -2.36. The third kappa shape index (κ3) is 4.24. The highest BCUT2D eigenvalue weighted by molar-refractivity contribution is 5.66. The predicted octanol–water partition coefficient (Wildman–Crippen LogP) is 1.98. The number of benzene rings is 1. The van der Waals surface area contributed by atoms with E-state index >= 15 is 0 Å². The molecule has 0 bridgehead atoms. The van der Waals surface area contributed by atoms with Gasteiger partial charge in [-0.2, -0.15) is 0 Å². The molecule has 0 unspecified atom stereocenters. The zero-order chi connectivity index (χ0) is 13.7. The molecule has 2 rings (SSSR count). The van der Waals surface area contributed by atoms with E-state index in [1.807, 2.05) is 0 Å². The summed E-state index contributed by atoms with van der Waals surface area (Å²) in [4.78, 5) is 15.2. The molecule has 0 aromatic heterocycles. The molecule has 0 atom stereocenters. The predicted molar refractivity (Wildman–Crippen MR) is 76.7 cm³/mol. The van der Waals surface area contributed by atoms with Crippen molar-refractivity contribution in [1.29, 1.82) is 0 Å². The molecule has 0 amide bonds. The second-order valence-electron chi connectivity index (χ2n) is 5.16.